The number of benzene rings is 3. The van der Waals surface area contributed by atoms with E-state index in [0.717, 1.165) is 11.3 Å². The average molecular weight is 587 g/mol. The van der Waals surface area contributed by atoms with E-state index in [1.807, 2.05) is 42.5 Å². The second-order valence-electron chi connectivity index (χ2n) is 13.0. The van der Waals surface area contributed by atoms with Crippen molar-refractivity contribution >= 4 is 11.4 Å². The van der Waals surface area contributed by atoms with Gasteiger partial charge in [0, 0.05) is 54.0 Å². The molecule has 4 heteroatoms. The number of anilines is 1. The highest BCUT2D eigenvalue weighted by Gasteiger charge is 2.18. The van der Waals surface area contributed by atoms with Crippen LogP contribution in [0.5, 0.6) is 0 Å². The maximum Gasteiger partial charge on any atom is 0.0456 e. The van der Waals surface area contributed by atoms with Gasteiger partial charge in [-0.25, -0.2) is 0 Å². The summed E-state index contributed by atoms with van der Waals surface area (Å²) in [4.78, 5) is 0. The minimum absolute atomic E-state index is 0.418. The Morgan fingerprint density at radius 1 is 0.568 bits per heavy atom. The molecule has 0 aliphatic rings. The molecule has 2 aromatic heterocycles. The maximum absolute atomic E-state index is 8.63. The van der Waals surface area contributed by atoms with Crippen molar-refractivity contribution in [3.05, 3.63) is 137 Å². The lowest BCUT2D eigenvalue weighted by Gasteiger charge is -2.22. The molecule has 0 spiro atoms. The Kier molecular flexibility index (Phi) is 10.7. The van der Waals surface area contributed by atoms with Crippen molar-refractivity contribution in [3.63, 3.8) is 0 Å². The van der Waals surface area contributed by atoms with E-state index in [9.17, 15) is 0 Å². The summed E-state index contributed by atoms with van der Waals surface area (Å²) in [5.41, 5.74) is 17.8. The van der Waals surface area contributed by atoms with Gasteiger partial charge in [-0.05, 0) is 106 Å². The van der Waals surface area contributed by atoms with Gasteiger partial charge in [-0.1, -0.05) is 85.7 Å². The van der Waals surface area contributed by atoms with E-state index in [1.54, 1.807) is 0 Å². The lowest BCUT2D eigenvalue weighted by molar-refractivity contribution is 0.806. The van der Waals surface area contributed by atoms with Crippen molar-refractivity contribution < 1.29 is 0 Å². The number of hydrogen-bond acceptors (Lipinski definition) is 2. The van der Waals surface area contributed by atoms with Crippen LogP contribution in [0.2, 0.25) is 0 Å². The van der Waals surface area contributed by atoms with E-state index in [4.69, 9.17) is 11.1 Å². The van der Waals surface area contributed by atoms with Crippen LogP contribution in [0.3, 0.4) is 0 Å². The maximum atomic E-state index is 8.63. The summed E-state index contributed by atoms with van der Waals surface area (Å²) in [5.74, 6) is 1.72. The molecule has 4 nitrogen and oxygen atoms in total. The number of nitrogens with zero attached hydrogens (tertiary/aromatic N) is 2. The molecule has 2 heterocycles. The first-order chi connectivity index (χ1) is 21.0. The molecule has 5 aromatic rings. The Balaban J connectivity index is 0.000000215. The Bertz CT molecular complexity index is 1580. The first-order valence-electron chi connectivity index (χ1n) is 16.0. The zero-order chi connectivity index (χ0) is 32.0. The van der Waals surface area contributed by atoms with Crippen LogP contribution < -0.4 is 5.73 Å². The fourth-order valence-corrected chi connectivity index (χ4v) is 5.80. The fraction of sp³-hybridized carbons (Fsp3) is 0.325. The molecule has 0 bridgehead atoms. The van der Waals surface area contributed by atoms with Gasteiger partial charge in [-0.3, -0.25) is 0 Å². The van der Waals surface area contributed by atoms with E-state index in [-0.39, 0.29) is 0 Å². The normalized spacial score (nSPS) is 11.4. The molecule has 0 aliphatic carbocycles. The highest BCUT2D eigenvalue weighted by molar-refractivity contribution is 5.99. The number of hydrogen-bond donors (Lipinski definition) is 2. The molecule has 3 aromatic carbocycles. The standard InChI is InChI=1S/C24H28N2.C16H22N2/c1-17(2)21-14-20(26-12-8-9-13-26)15-22(18(3)4)23(21)16-24(25)19-10-6-5-7-11-19;1-11(2)14-9-13(18-7-5-6-8-18)10-15(12(3)4)16(14)17/h5-15,17-18,25H,16H2,1-4H3;5-12H,17H2,1-4H3. The Morgan fingerprint density at radius 2 is 0.932 bits per heavy atom. The van der Waals surface area contributed by atoms with Crippen LogP contribution in [0.15, 0.2) is 104 Å². The molecule has 0 radical (unpaired) electrons. The Morgan fingerprint density at radius 3 is 1.30 bits per heavy atom. The third kappa shape index (κ3) is 7.60. The molecule has 0 saturated heterocycles. The van der Waals surface area contributed by atoms with Crippen LogP contribution in [-0.2, 0) is 6.42 Å². The lowest BCUT2D eigenvalue weighted by atomic mass is 9.84. The first-order valence-corrected chi connectivity index (χ1v) is 16.0. The molecule has 0 saturated carbocycles. The third-order valence-electron chi connectivity index (χ3n) is 8.30. The SMILES string of the molecule is CC(C)c1cc(-n2cccc2)cc(C(C)C)c1CC(=N)c1ccccc1.CC(C)c1cc(-n2cccc2)cc(C(C)C)c1N. The largest absolute Gasteiger partial charge is 0.398 e. The van der Waals surface area contributed by atoms with E-state index in [2.05, 4.69) is 126 Å². The van der Waals surface area contributed by atoms with Crippen LogP contribution in [0.4, 0.5) is 5.69 Å². The van der Waals surface area contributed by atoms with Crippen LogP contribution in [0, 0.1) is 5.41 Å². The molecular formula is C40H50N4. The number of nitrogen functional groups attached to an aromatic ring is 1. The highest BCUT2D eigenvalue weighted by atomic mass is 14.9. The van der Waals surface area contributed by atoms with Gasteiger partial charge in [0.15, 0.2) is 0 Å². The van der Waals surface area contributed by atoms with E-state index in [0.29, 0.717) is 35.8 Å². The molecule has 0 unspecified atom stereocenters. The molecule has 0 aliphatic heterocycles. The molecule has 44 heavy (non-hydrogen) atoms. The van der Waals surface area contributed by atoms with Crippen LogP contribution in [-0.4, -0.2) is 14.8 Å². The summed E-state index contributed by atoms with van der Waals surface area (Å²) in [7, 11) is 0. The molecular weight excluding hydrogens is 536 g/mol. The average Bonchev–Trinajstić information content (AvgIpc) is 3.73. The van der Waals surface area contributed by atoms with Gasteiger partial charge < -0.3 is 20.3 Å². The van der Waals surface area contributed by atoms with Crippen LogP contribution in [0.1, 0.15) is 112 Å². The van der Waals surface area contributed by atoms with E-state index < -0.39 is 0 Å². The first kappa shape index (κ1) is 32.6. The zero-order valence-corrected chi connectivity index (χ0v) is 27.8. The van der Waals surface area contributed by atoms with Gasteiger partial charge in [0.1, 0.15) is 0 Å². The fourth-order valence-electron chi connectivity index (χ4n) is 5.80. The highest BCUT2D eigenvalue weighted by Crippen LogP contribution is 2.34. The van der Waals surface area contributed by atoms with Gasteiger partial charge in [-0.2, -0.15) is 0 Å². The molecule has 230 valence electrons. The van der Waals surface area contributed by atoms with E-state index >= 15 is 0 Å². The van der Waals surface area contributed by atoms with Crippen molar-refractivity contribution in [2.75, 3.05) is 5.73 Å². The van der Waals surface area contributed by atoms with Gasteiger partial charge in [0.05, 0.1) is 0 Å². The summed E-state index contributed by atoms with van der Waals surface area (Å²) in [6.45, 7) is 17.7. The number of nitrogens with one attached hydrogen (secondary N) is 1. The second kappa shape index (κ2) is 14.4. The zero-order valence-electron chi connectivity index (χ0n) is 27.8. The van der Waals surface area contributed by atoms with Gasteiger partial charge in [0.25, 0.3) is 0 Å². The lowest BCUT2D eigenvalue weighted by Crippen LogP contribution is -2.12. The summed E-state index contributed by atoms with van der Waals surface area (Å²) in [6.07, 6.45) is 9.00. The number of aromatic nitrogens is 2. The van der Waals surface area contributed by atoms with Crippen molar-refractivity contribution in [2.24, 2.45) is 0 Å². The summed E-state index contributed by atoms with van der Waals surface area (Å²) >= 11 is 0. The minimum Gasteiger partial charge on any atom is -0.398 e. The van der Waals surface area contributed by atoms with Gasteiger partial charge in [-0.15, -0.1) is 0 Å². The van der Waals surface area contributed by atoms with Crippen LogP contribution >= 0.6 is 0 Å². The molecule has 3 N–H and O–H groups in total. The van der Waals surface area contributed by atoms with E-state index in [1.165, 1.54) is 39.2 Å². The monoisotopic (exact) mass is 586 g/mol. The molecule has 5 rings (SSSR count). The van der Waals surface area contributed by atoms with Crippen LogP contribution in [0.25, 0.3) is 11.4 Å². The topological polar surface area (TPSA) is 59.7 Å². The summed E-state index contributed by atoms with van der Waals surface area (Å²) in [6, 6.07) is 27.3. The van der Waals surface area contributed by atoms with Crippen molar-refractivity contribution in [3.8, 4) is 11.4 Å². The van der Waals surface area contributed by atoms with Crippen molar-refractivity contribution in [2.45, 2.75) is 85.5 Å². The van der Waals surface area contributed by atoms with Crippen molar-refractivity contribution in [1.29, 1.82) is 5.41 Å². The predicted molar refractivity (Wildman–Crippen MR) is 189 cm³/mol. The predicted octanol–water partition coefficient (Wildman–Crippen LogP) is 10.6. The summed E-state index contributed by atoms with van der Waals surface area (Å²) < 4.78 is 4.31. The molecule has 0 fully saturated rings. The smallest absolute Gasteiger partial charge is 0.0456 e. The number of nitrogens with two attached hydrogens (primary N) is 1. The minimum atomic E-state index is 0.418. The van der Waals surface area contributed by atoms with Gasteiger partial charge >= 0.3 is 0 Å². The second-order valence-corrected chi connectivity index (χ2v) is 13.0. The molecule has 0 atom stereocenters. The third-order valence-corrected chi connectivity index (χ3v) is 8.30. The van der Waals surface area contributed by atoms with Crippen molar-refractivity contribution in [1.82, 2.24) is 9.13 Å². The molecule has 0 amide bonds. The number of rotatable bonds is 9. The quantitative estimate of drug-likeness (QED) is 0.131. The summed E-state index contributed by atoms with van der Waals surface area (Å²) in [5, 5.41) is 8.63. The Hall–Kier alpha value is -4.31. The van der Waals surface area contributed by atoms with Gasteiger partial charge in [0.2, 0.25) is 0 Å². The Labute approximate surface area is 265 Å².